The van der Waals surface area contributed by atoms with E-state index in [1.165, 1.54) is 12.8 Å². The first kappa shape index (κ1) is 14.0. The molecule has 0 unspecified atom stereocenters. The Morgan fingerprint density at radius 2 is 1.75 bits per heavy atom. The van der Waals surface area contributed by atoms with Gasteiger partial charge in [-0.3, -0.25) is 0 Å². The number of unbranched alkanes of at least 4 members (excludes halogenated alkanes) is 1. The van der Waals surface area contributed by atoms with Crippen LogP contribution in [-0.4, -0.2) is 10.3 Å². The van der Waals surface area contributed by atoms with Gasteiger partial charge in [-0.2, -0.15) is 0 Å². The third-order valence-corrected chi connectivity index (χ3v) is 1.54. The molecule has 0 aliphatic carbocycles. The minimum Gasteiger partial charge on any atom is -0.368 e. The van der Waals surface area contributed by atoms with Gasteiger partial charge in [0, 0.05) is 17.7 Å². The van der Waals surface area contributed by atoms with Crippen molar-refractivity contribution < 1.29 is 0 Å². The summed E-state index contributed by atoms with van der Waals surface area (Å²) in [6.07, 6.45) is 6.35. The molecule has 0 aromatic carbocycles. The lowest BCUT2D eigenvalue weighted by Gasteiger charge is -1.77. The molecule has 1 rings (SSSR count). The summed E-state index contributed by atoms with van der Waals surface area (Å²) in [6.45, 7) is 8.18. The number of H-pyrrole nitrogens is 1. The SMILES string of the molecule is C=C.CCCCBr.c1cc[nH]c1. The van der Waals surface area contributed by atoms with Crippen LogP contribution in [0.1, 0.15) is 19.8 Å². The van der Waals surface area contributed by atoms with E-state index in [-0.39, 0.29) is 0 Å². The highest BCUT2D eigenvalue weighted by Crippen LogP contribution is 1.89. The summed E-state index contributed by atoms with van der Waals surface area (Å²) < 4.78 is 0. The van der Waals surface area contributed by atoms with Crippen LogP contribution in [0.25, 0.3) is 0 Å². The Morgan fingerprint density at radius 1 is 1.25 bits per heavy atom. The lowest BCUT2D eigenvalue weighted by Crippen LogP contribution is -1.64. The molecule has 70 valence electrons. The monoisotopic (exact) mass is 231 g/mol. The zero-order valence-electron chi connectivity index (χ0n) is 7.72. The second-order valence-electron chi connectivity index (χ2n) is 1.93. The standard InChI is InChI=1S/C4H9Br.C4H5N.C2H4/c1-2-3-4-5;1-2-4-5-3-1;1-2/h2-4H2,1H3;1-5H;1-2H2. The van der Waals surface area contributed by atoms with Gasteiger partial charge in [0.25, 0.3) is 0 Å². The van der Waals surface area contributed by atoms with E-state index < -0.39 is 0 Å². The fourth-order valence-corrected chi connectivity index (χ4v) is 0.972. The molecule has 1 aromatic heterocycles. The van der Waals surface area contributed by atoms with Gasteiger partial charge in [0.15, 0.2) is 0 Å². The molecule has 0 saturated heterocycles. The lowest BCUT2D eigenvalue weighted by atomic mass is 10.4. The Bertz CT molecular complexity index is 107. The summed E-state index contributed by atoms with van der Waals surface area (Å²) >= 11 is 3.31. The van der Waals surface area contributed by atoms with Gasteiger partial charge in [0.05, 0.1) is 0 Å². The molecule has 0 amide bonds. The van der Waals surface area contributed by atoms with E-state index in [0.717, 1.165) is 5.33 Å². The second kappa shape index (κ2) is 16.8. The highest BCUT2D eigenvalue weighted by atomic mass is 79.9. The van der Waals surface area contributed by atoms with E-state index in [1.807, 2.05) is 24.5 Å². The van der Waals surface area contributed by atoms with Gasteiger partial charge in [-0.1, -0.05) is 29.3 Å². The molecule has 1 nitrogen and oxygen atoms in total. The van der Waals surface area contributed by atoms with Gasteiger partial charge >= 0.3 is 0 Å². The fourth-order valence-electron chi connectivity index (χ4n) is 0.411. The van der Waals surface area contributed by atoms with Crippen LogP contribution in [0.2, 0.25) is 0 Å². The molecule has 0 bridgehead atoms. The minimum absolute atomic E-state index is 1.16. The van der Waals surface area contributed by atoms with Crippen LogP contribution >= 0.6 is 15.9 Å². The number of halogens is 1. The smallest absolute Gasteiger partial charge is 0.00312 e. The number of aromatic amines is 1. The highest BCUT2D eigenvalue weighted by molar-refractivity contribution is 9.09. The average Bonchev–Trinajstić information content (AvgIpc) is 2.67. The van der Waals surface area contributed by atoms with Crippen molar-refractivity contribution in [3.63, 3.8) is 0 Å². The Hall–Kier alpha value is -0.500. The van der Waals surface area contributed by atoms with Crippen molar-refractivity contribution >= 4 is 15.9 Å². The van der Waals surface area contributed by atoms with Crippen molar-refractivity contribution in [1.29, 1.82) is 0 Å². The predicted molar refractivity (Wildman–Crippen MR) is 60.7 cm³/mol. The maximum atomic E-state index is 3.31. The first-order valence-corrected chi connectivity index (χ1v) is 5.17. The first-order chi connectivity index (χ1) is 5.91. The maximum absolute atomic E-state index is 3.31. The number of aromatic nitrogens is 1. The van der Waals surface area contributed by atoms with Crippen LogP contribution in [0.5, 0.6) is 0 Å². The van der Waals surface area contributed by atoms with Crippen molar-refractivity contribution in [2.75, 3.05) is 5.33 Å². The molecule has 12 heavy (non-hydrogen) atoms. The molecular formula is C10H18BrN. The fraction of sp³-hybridized carbons (Fsp3) is 0.400. The summed E-state index contributed by atoms with van der Waals surface area (Å²) in [5.74, 6) is 0. The van der Waals surface area contributed by atoms with Crippen molar-refractivity contribution in [2.45, 2.75) is 19.8 Å². The van der Waals surface area contributed by atoms with E-state index in [9.17, 15) is 0 Å². The van der Waals surface area contributed by atoms with E-state index in [4.69, 9.17) is 0 Å². The quantitative estimate of drug-likeness (QED) is 0.586. The first-order valence-electron chi connectivity index (χ1n) is 4.05. The van der Waals surface area contributed by atoms with Crippen LogP contribution in [0.3, 0.4) is 0 Å². The Kier molecular flexibility index (Phi) is 19.7. The number of nitrogens with one attached hydrogen (secondary N) is 1. The molecule has 0 aliphatic rings. The van der Waals surface area contributed by atoms with Crippen LogP contribution in [-0.2, 0) is 0 Å². The number of rotatable bonds is 2. The van der Waals surface area contributed by atoms with Gasteiger partial charge in [-0.25, -0.2) is 0 Å². The van der Waals surface area contributed by atoms with Gasteiger partial charge in [0.1, 0.15) is 0 Å². The van der Waals surface area contributed by atoms with Gasteiger partial charge in [-0.15, -0.1) is 13.2 Å². The molecule has 1 aromatic rings. The largest absolute Gasteiger partial charge is 0.368 e. The van der Waals surface area contributed by atoms with Crippen LogP contribution < -0.4 is 0 Å². The third kappa shape index (κ3) is 16.2. The summed E-state index contributed by atoms with van der Waals surface area (Å²) in [5, 5.41) is 1.16. The number of hydrogen-bond acceptors (Lipinski definition) is 0. The van der Waals surface area contributed by atoms with Crippen molar-refractivity contribution in [3.05, 3.63) is 37.7 Å². The highest BCUT2D eigenvalue weighted by Gasteiger charge is 1.69. The summed E-state index contributed by atoms with van der Waals surface area (Å²) in [4.78, 5) is 2.86. The summed E-state index contributed by atoms with van der Waals surface area (Å²) in [5.41, 5.74) is 0. The Balaban J connectivity index is 0. The van der Waals surface area contributed by atoms with Gasteiger partial charge in [-0.05, 0) is 18.6 Å². The molecule has 0 saturated carbocycles. The Morgan fingerprint density at radius 3 is 1.83 bits per heavy atom. The number of hydrogen-bond donors (Lipinski definition) is 1. The van der Waals surface area contributed by atoms with Crippen molar-refractivity contribution in [1.82, 2.24) is 4.98 Å². The van der Waals surface area contributed by atoms with Crippen molar-refractivity contribution in [2.24, 2.45) is 0 Å². The van der Waals surface area contributed by atoms with E-state index in [1.54, 1.807) is 0 Å². The predicted octanol–water partition coefficient (Wildman–Crippen LogP) is 4.00. The van der Waals surface area contributed by atoms with E-state index in [2.05, 4.69) is 41.0 Å². The van der Waals surface area contributed by atoms with Crippen LogP contribution in [0, 0.1) is 0 Å². The molecule has 2 heteroatoms. The minimum atomic E-state index is 1.16. The molecular weight excluding hydrogens is 214 g/mol. The second-order valence-corrected chi connectivity index (χ2v) is 2.72. The third-order valence-electron chi connectivity index (χ3n) is 0.983. The normalized spacial score (nSPS) is 7.17. The Labute approximate surface area is 84.0 Å². The van der Waals surface area contributed by atoms with Crippen molar-refractivity contribution in [3.8, 4) is 0 Å². The van der Waals surface area contributed by atoms with Crippen LogP contribution in [0.4, 0.5) is 0 Å². The molecule has 0 atom stereocenters. The van der Waals surface area contributed by atoms with Gasteiger partial charge in [0.2, 0.25) is 0 Å². The zero-order chi connectivity index (χ0) is 9.66. The van der Waals surface area contributed by atoms with Crippen LogP contribution in [0.15, 0.2) is 37.7 Å². The topological polar surface area (TPSA) is 15.8 Å². The molecule has 1 N–H and O–H groups in total. The maximum Gasteiger partial charge on any atom is 0.00312 e. The summed E-state index contributed by atoms with van der Waals surface area (Å²) in [6, 6.07) is 3.89. The lowest BCUT2D eigenvalue weighted by molar-refractivity contribution is 0.902. The molecule has 0 spiro atoms. The number of alkyl halides is 1. The molecule has 0 aliphatic heterocycles. The molecule has 0 radical (unpaired) electrons. The zero-order valence-corrected chi connectivity index (χ0v) is 9.31. The van der Waals surface area contributed by atoms with E-state index in [0.29, 0.717) is 0 Å². The average molecular weight is 232 g/mol. The summed E-state index contributed by atoms with van der Waals surface area (Å²) in [7, 11) is 0. The molecule has 0 fully saturated rings. The molecule has 1 heterocycles. The van der Waals surface area contributed by atoms with Gasteiger partial charge < -0.3 is 4.98 Å². The van der Waals surface area contributed by atoms with E-state index >= 15 is 0 Å².